The van der Waals surface area contributed by atoms with Crippen molar-refractivity contribution in [2.24, 2.45) is 0 Å². The number of hydrogen-bond donors (Lipinski definition) is 1. The summed E-state index contributed by atoms with van der Waals surface area (Å²) in [5.74, 6) is -0.0512. The molecule has 7 heteroatoms. The number of para-hydroxylation sites is 1. The third kappa shape index (κ3) is 4.11. The van der Waals surface area contributed by atoms with E-state index < -0.39 is 0 Å². The second-order valence-electron chi connectivity index (χ2n) is 7.05. The second kappa shape index (κ2) is 8.43. The van der Waals surface area contributed by atoms with E-state index in [1.54, 1.807) is 11.3 Å². The summed E-state index contributed by atoms with van der Waals surface area (Å²) in [5.41, 5.74) is 4.24. The summed E-state index contributed by atoms with van der Waals surface area (Å²) in [5, 5.41) is 8.09. The van der Waals surface area contributed by atoms with Crippen LogP contribution >= 0.6 is 22.7 Å². The zero-order valence-corrected chi connectivity index (χ0v) is 17.8. The molecule has 1 N–H and O–H groups in total. The Bertz CT molecular complexity index is 943. The summed E-state index contributed by atoms with van der Waals surface area (Å²) >= 11 is 3.10. The molecular formula is C21H24N4OS2. The van der Waals surface area contributed by atoms with Crippen molar-refractivity contribution in [2.75, 3.05) is 38.1 Å². The summed E-state index contributed by atoms with van der Waals surface area (Å²) in [6.45, 7) is 6.57. The van der Waals surface area contributed by atoms with Crippen molar-refractivity contribution in [3.05, 3.63) is 57.2 Å². The molecule has 1 aromatic carbocycles. The van der Waals surface area contributed by atoms with E-state index in [0.29, 0.717) is 11.4 Å². The van der Waals surface area contributed by atoms with Crippen LogP contribution in [-0.2, 0) is 6.54 Å². The fourth-order valence-electron chi connectivity index (χ4n) is 3.39. The largest absolute Gasteiger partial charge is 0.369 e. The Morgan fingerprint density at radius 1 is 1.18 bits per heavy atom. The normalized spacial score (nSPS) is 15.0. The van der Waals surface area contributed by atoms with E-state index in [1.165, 1.54) is 17.0 Å². The van der Waals surface area contributed by atoms with Gasteiger partial charge in [0.2, 0.25) is 0 Å². The molecule has 3 aromatic rings. The van der Waals surface area contributed by atoms with Gasteiger partial charge in [-0.3, -0.25) is 4.79 Å². The number of rotatable bonds is 5. The molecule has 0 spiro atoms. The van der Waals surface area contributed by atoms with Gasteiger partial charge in [-0.25, -0.2) is 4.98 Å². The van der Waals surface area contributed by atoms with Crippen molar-refractivity contribution < 1.29 is 4.79 Å². The zero-order valence-electron chi connectivity index (χ0n) is 16.1. The molecule has 1 aliphatic rings. The van der Waals surface area contributed by atoms with Crippen LogP contribution in [-0.4, -0.2) is 49.0 Å². The van der Waals surface area contributed by atoms with Crippen LogP contribution in [0.5, 0.6) is 0 Å². The summed E-state index contributed by atoms with van der Waals surface area (Å²) < 4.78 is 0. The highest BCUT2D eigenvalue weighted by Crippen LogP contribution is 2.29. The molecule has 1 aliphatic heterocycles. The van der Waals surface area contributed by atoms with Crippen molar-refractivity contribution in [1.82, 2.24) is 15.2 Å². The minimum absolute atomic E-state index is 0.0512. The Morgan fingerprint density at radius 3 is 2.71 bits per heavy atom. The van der Waals surface area contributed by atoms with Crippen LogP contribution in [0.4, 0.5) is 5.69 Å². The number of anilines is 1. The van der Waals surface area contributed by atoms with Crippen LogP contribution in [0, 0.1) is 6.92 Å². The number of aryl methyl sites for hydroxylation is 1. The van der Waals surface area contributed by atoms with E-state index in [4.69, 9.17) is 0 Å². The molecule has 1 amide bonds. The van der Waals surface area contributed by atoms with Crippen molar-refractivity contribution in [3.8, 4) is 10.6 Å². The van der Waals surface area contributed by atoms with Gasteiger partial charge in [-0.2, -0.15) is 11.3 Å². The average Bonchev–Trinajstić information content (AvgIpc) is 3.37. The second-order valence-corrected chi connectivity index (χ2v) is 8.83. The topological polar surface area (TPSA) is 48.5 Å². The Hall–Kier alpha value is -2.22. The molecule has 1 saturated heterocycles. The maximum Gasteiger partial charge on any atom is 0.263 e. The Kier molecular flexibility index (Phi) is 5.75. The molecule has 4 rings (SSSR count). The highest BCUT2D eigenvalue weighted by Gasteiger charge is 2.19. The van der Waals surface area contributed by atoms with Gasteiger partial charge in [0, 0.05) is 49.4 Å². The third-order valence-electron chi connectivity index (χ3n) is 5.05. The van der Waals surface area contributed by atoms with Crippen LogP contribution in [0.25, 0.3) is 10.6 Å². The molecule has 0 atom stereocenters. The summed E-state index contributed by atoms with van der Waals surface area (Å²) in [6.07, 6.45) is 0. The van der Waals surface area contributed by atoms with Crippen LogP contribution in [0.3, 0.4) is 0 Å². The standard InChI is InChI=1S/C21H24N4OS2/c1-15-19(28-21(23-15)17-7-12-27-14-17)20(26)22-13-16-5-3-4-6-18(16)25-10-8-24(2)9-11-25/h3-7,12,14H,8-11,13H2,1-2H3,(H,22,26). The molecule has 3 heterocycles. The number of piperazine rings is 1. The van der Waals surface area contributed by atoms with Gasteiger partial charge in [0.25, 0.3) is 5.91 Å². The van der Waals surface area contributed by atoms with Crippen molar-refractivity contribution in [1.29, 1.82) is 0 Å². The maximum absolute atomic E-state index is 12.8. The summed E-state index contributed by atoms with van der Waals surface area (Å²) in [6, 6.07) is 10.4. The van der Waals surface area contributed by atoms with E-state index in [9.17, 15) is 4.79 Å². The summed E-state index contributed by atoms with van der Waals surface area (Å²) in [7, 11) is 2.16. The lowest BCUT2D eigenvalue weighted by atomic mass is 10.1. The van der Waals surface area contributed by atoms with Gasteiger partial charge in [0.05, 0.1) is 5.69 Å². The van der Waals surface area contributed by atoms with Crippen molar-refractivity contribution >= 4 is 34.3 Å². The molecule has 146 valence electrons. The SMILES string of the molecule is Cc1nc(-c2ccsc2)sc1C(=O)NCc1ccccc1N1CCN(C)CC1. The molecule has 0 unspecified atom stereocenters. The van der Waals surface area contributed by atoms with Crippen LogP contribution in [0.1, 0.15) is 20.9 Å². The number of thiazole rings is 1. The van der Waals surface area contributed by atoms with Crippen LogP contribution in [0.2, 0.25) is 0 Å². The van der Waals surface area contributed by atoms with Crippen LogP contribution in [0.15, 0.2) is 41.1 Å². The highest BCUT2D eigenvalue weighted by atomic mass is 32.1. The molecule has 1 fully saturated rings. The number of carbonyl (C=O) groups is 1. The van der Waals surface area contributed by atoms with Crippen molar-refractivity contribution in [2.45, 2.75) is 13.5 Å². The van der Waals surface area contributed by atoms with E-state index in [2.05, 4.69) is 50.7 Å². The first-order chi connectivity index (χ1) is 13.6. The average molecular weight is 413 g/mol. The van der Waals surface area contributed by atoms with Gasteiger partial charge in [-0.1, -0.05) is 18.2 Å². The first-order valence-electron chi connectivity index (χ1n) is 9.41. The summed E-state index contributed by atoms with van der Waals surface area (Å²) in [4.78, 5) is 22.8. The lowest BCUT2D eigenvalue weighted by Gasteiger charge is -2.35. The number of likely N-dealkylation sites (N-methyl/N-ethyl adjacent to an activating group) is 1. The van der Waals surface area contributed by atoms with E-state index in [0.717, 1.165) is 48.0 Å². The third-order valence-corrected chi connectivity index (χ3v) is 6.93. The number of amides is 1. The smallest absolute Gasteiger partial charge is 0.263 e. The number of benzene rings is 1. The maximum atomic E-state index is 12.8. The highest BCUT2D eigenvalue weighted by molar-refractivity contribution is 7.17. The number of nitrogens with zero attached hydrogens (tertiary/aromatic N) is 3. The Morgan fingerprint density at radius 2 is 1.96 bits per heavy atom. The molecule has 2 aromatic heterocycles. The Balaban J connectivity index is 1.46. The fraction of sp³-hybridized carbons (Fsp3) is 0.333. The van der Waals surface area contributed by atoms with Gasteiger partial charge in [0.1, 0.15) is 9.88 Å². The van der Waals surface area contributed by atoms with Gasteiger partial charge >= 0.3 is 0 Å². The first kappa shape index (κ1) is 19.1. The number of hydrogen-bond acceptors (Lipinski definition) is 6. The molecule has 28 heavy (non-hydrogen) atoms. The molecular weight excluding hydrogens is 388 g/mol. The number of aromatic nitrogens is 1. The number of thiophene rings is 1. The number of carbonyl (C=O) groups excluding carboxylic acids is 1. The molecule has 0 saturated carbocycles. The van der Waals surface area contributed by atoms with E-state index >= 15 is 0 Å². The lowest BCUT2D eigenvalue weighted by molar-refractivity contribution is 0.0954. The Labute approximate surface area is 173 Å². The minimum atomic E-state index is -0.0512. The van der Waals surface area contributed by atoms with Crippen molar-refractivity contribution in [3.63, 3.8) is 0 Å². The van der Waals surface area contributed by atoms with Gasteiger partial charge in [0.15, 0.2) is 0 Å². The van der Waals surface area contributed by atoms with Gasteiger partial charge < -0.3 is 15.1 Å². The lowest BCUT2D eigenvalue weighted by Crippen LogP contribution is -2.45. The molecule has 0 radical (unpaired) electrons. The molecule has 0 bridgehead atoms. The van der Waals surface area contributed by atoms with E-state index in [-0.39, 0.29) is 5.91 Å². The van der Waals surface area contributed by atoms with Crippen LogP contribution < -0.4 is 10.2 Å². The van der Waals surface area contributed by atoms with E-state index in [1.807, 2.05) is 24.4 Å². The van der Waals surface area contributed by atoms with Gasteiger partial charge in [-0.15, -0.1) is 11.3 Å². The zero-order chi connectivity index (χ0) is 19.5. The monoisotopic (exact) mass is 412 g/mol. The fourth-order valence-corrected chi connectivity index (χ4v) is 5.08. The van der Waals surface area contributed by atoms with Gasteiger partial charge in [-0.05, 0) is 37.0 Å². The molecule has 0 aliphatic carbocycles. The molecule has 5 nitrogen and oxygen atoms in total. The quantitative estimate of drug-likeness (QED) is 0.691. The predicted molar refractivity (Wildman–Crippen MR) is 117 cm³/mol. The minimum Gasteiger partial charge on any atom is -0.369 e. The predicted octanol–water partition coefficient (Wildman–Crippen LogP) is 3.86. The first-order valence-corrected chi connectivity index (χ1v) is 11.2. The number of nitrogens with one attached hydrogen (secondary N) is 1.